The fraction of sp³-hybridized carbons (Fsp3) is 0.348. The van der Waals surface area contributed by atoms with E-state index in [0.29, 0.717) is 0 Å². The number of carbonyl (C=O) groups excluding carboxylic acids is 3. The second kappa shape index (κ2) is 10.4. The maximum atomic E-state index is 13.9. The summed E-state index contributed by atoms with van der Waals surface area (Å²) in [6.45, 7) is 9.53. The number of amides is 2. The molecule has 8 nitrogen and oxygen atoms in total. The summed E-state index contributed by atoms with van der Waals surface area (Å²) in [6, 6.07) is 3.03. The van der Waals surface area contributed by atoms with Crippen molar-refractivity contribution in [2.24, 2.45) is 0 Å². The summed E-state index contributed by atoms with van der Waals surface area (Å²) in [6.07, 6.45) is -1.92. The number of nitrogens with one attached hydrogen (secondary N) is 2. The van der Waals surface area contributed by atoms with Gasteiger partial charge in [0.15, 0.2) is 0 Å². The third kappa shape index (κ3) is 7.30. The molecule has 0 bridgehead atoms. The van der Waals surface area contributed by atoms with Crippen molar-refractivity contribution in [1.82, 2.24) is 0 Å². The molecule has 0 aliphatic heterocycles. The van der Waals surface area contributed by atoms with Crippen LogP contribution < -0.4 is 15.4 Å². The van der Waals surface area contributed by atoms with E-state index >= 15 is 0 Å². The lowest BCUT2D eigenvalue weighted by atomic mass is 10.1. The van der Waals surface area contributed by atoms with Crippen LogP contribution in [-0.4, -0.2) is 29.4 Å². The third-order valence-corrected chi connectivity index (χ3v) is 3.89. The lowest BCUT2D eigenvalue weighted by molar-refractivity contribution is 0.0620. The standard InChI is InChI=1S/C23H23F5N2O6/c1-22(2,3)35-20(32)29-11-8-7-10(9-12(11)30-21(33)36-23(4,5)6)19(31)34-18-16(27)14(25)13(24)15(26)17(18)28/h7-9H,1-6H3,(H,29,32)(H,30,33). The van der Waals surface area contributed by atoms with Crippen LogP contribution in [0.2, 0.25) is 0 Å². The van der Waals surface area contributed by atoms with Crippen LogP contribution in [0.1, 0.15) is 51.9 Å². The Kier molecular flexibility index (Phi) is 8.17. The number of halogens is 5. The molecule has 2 N–H and O–H groups in total. The lowest BCUT2D eigenvalue weighted by Gasteiger charge is -2.22. The molecule has 36 heavy (non-hydrogen) atoms. The number of hydrogen-bond acceptors (Lipinski definition) is 6. The summed E-state index contributed by atoms with van der Waals surface area (Å²) in [5.74, 6) is -15.1. The molecular weight excluding hydrogens is 495 g/mol. The third-order valence-electron chi connectivity index (χ3n) is 3.89. The highest BCUT2D eigenvalue weighted by atomic mass is 19.2. The molecule has 0 aromatic heterocycles. The molecule has 0 fully saturated rings. The molecule has 2 amide bonds. The molecule has 0 radical (unpaired) electrons. The number of ether oxygens (including phenoxy) is 3. The zero-order valence-corrected chi connectivity index (χ0v) is 20.1. The fourth-order valence-corrected chi connectivity index (χ4v) is 2.54. The number of esters is 1. The van der Waals surface area contributed by atoms with Gasteiger partial charge >= 0.3 is 18.2 Å². The van der Waals surface area contributed by atoms with Gasteiger partial charge in [0.25, 0.3) is 0 Å². The van der Waals surface area contributed by atoms with Crippen molar-refractivity contribution in [3.63, 3.8) is 0 Å². The minimum Gasteiger partial charge on any atom is -0.444 e. The predicted octanol–water partition coefficient (Wildman–Crippen LogP) is 6.30. The molecule has 2 aromatic carbocycles. The first-order valence-electron chi connectivity index (χ1n) is 10.3. The summed E-state index contributed by atoms with van der Waals surface area (Å²) in [5, 5.41) is 4.63. The van der Waals surface area contributed by atoms with Gasteiger partial charge in [-0.1, -0.05) is 0 Å². The van der Waals surface area contributed by atoms with E-state index in [1.165, 1.54) is 0 Å². The van der Waals surface area contributed by atoms with E-state index in [9.17, 15) is 36.3 Å². The molecule has 0 atom stereocenters. The van der Waals surface area contributed by atoms with E-state index in [1.807, 2.05) is 0 Å². The van der Waals surface area contributed by atoms with Gasteiger partial charge < -0.3 is 14.2 Å². The Hall–Kier alpha value is -3.90. The topological polar surface area (TPSA) is 103 Å². The Morgan fingerprint density at radius 1 is 0.667 bits per heavy atom. The van der Waals surface area contributed by atoms with Gasteiger partial charge in [0.05, 0.1) is 16.9 Å². The monoisotopic (exact) mass is 518 g/mol. The van der Waals surface area contributed by atoms with Gasteiger partial charge in [-0.3, -0.25) is 10.6 Å². The SMILES string of the molecule is CC(C)(C)OC(=O)Nc1ccc(C(=O)Oc2c(F)c(F)c(F)c(F)c2F)cc1NC(=O)OC(C)(C)C. The van der Waals surface area contributed by atoms with Gasteiger partial charge in [0, 0.05) is 0 Å². The number of anilines is 2. The van der Waals surface area contributed by atoms with Crippen LogP contribution in [0.25, 0.3) is 0 Å². The molecule has 13 heteroatoms. The van der Waals surface area contributed by atoms with Crippen LogP contribution in [0.5, 0.6) is 5.75 Å². The number of carbonyl (C=O) groups is 3. The van der Waals surface area contributed by atoms with E-state index in [2.05, 4.69) is 15.4 Å². The largest absolute Gasteiger partial charge is 0.444 e. The highest BCUT2D eigenvalue weighted by Gasteiger charge is 2.29. The minimum atomic E-state index is -2.42. The first kappa shape index (κ1) is 28.3. The van der Waals surface area contributed by atoms with Crippen LogP contribution >= 0.6 is 0 Å². The van der Waals surface area contributed by atoms with E-state index in [0.717, 1.165) is 18.2 Å². The molecule has 0 heterocycles. The van der Waals surface area contributed by atoms with Crippen molar-refractivity contribution in [2.75, 3.05) is 10.6 Å². The molecule has 0 saturated carbocycles. The maximum Gasteiger partial charge on any atom is 0.412 e. The van der Waals surface area contributed by atoms with E-state index < -0.39 is 69.8 Å². The average molecular weight is 518 g/mol. The van der Waals surface area contributed by atoms with Crippen molar-refractivity contribution in [3.8, 4) is 5.75 Å². The van der Waals surface area contributed by atoms with Crippen LogP contribution in [0.3, 0.4) is 0 Å². The molecule has 2 aromatic rings. The molecule has 0 aliphatic rings. The summed E-state index contributed by atoms with van der Waals surface area (Å²) < 4.78 is 82.5. The van der Waals surface area contributed by atoms with E-state index in [1.54, 1.807) is 41.5 Å². The van der Waals surface area contributed by atoms with Crippen molar-refractivity contribution in [1.29, 1.82) is 0 Å². The summed E-state index contributed by atoms with van der Waals surface area (Å²) in [5.41, 5.74) is -2.60. The van der Waals surface area contributed by atoms with Gasteiger partial charge in [-0.2, -0.15) is 8.78 Å². The van der Waals surface area contributed by atoms with Crippen LogP contribution in [0, 0.1) is 29.1 Å². The first-order chi connectivity index (χ1) is 16.4. The fourth-order valence-electron chi connectivity index (χ4n) is 2.54. The summed E-state index contributed by atoms with van der Waals surface area (Å²) in [4.78, 5) is 36.9. The number of benzene rings is 2. The molecular formula is C23H23F5N2O6. The zero-order chi connectivity index (χ0) is 27.6. The van der Waals surface area contributed by atoms with Gasteiger partial charge in [-0.25, -0.2) is 27.6 Å². The Balaban J connectivity index is 2.42. The molecule has 0 aliphatic carbocycles. The molecule has 0 spiro atoms. The lowest BCUT2D eigenvalue weighted by Crippen LogP contribution is -2.29. The minimum absolute atomic E-state index is 0.0807. The zero-order valence-electron chi connectivity index (χ0n) is 20.1. The highest BCUT2D eigenvalue weighted by Crippen LogP contribution is 2.31. The predicted molar refractivity (Wildman–Crippen MR) is 117 cm³/mol. The normalized spacial score (nSPS) is 11.5. The van der Waals surface area contributed by atoms with Gasteiger partial charge in [0.2, 0.25) is 34.8 Å². The highest BCUT2D eigenvalue weighted by molar-refractivity contribution is 5.99. The van der Waals surface area contributed by atoms with Crippen LogP contribution in [0.4, 0.5) is 42.9 Å². The Labute approximate surface area is 202 Å². The average Bonchev–Trinajstić information content (AvgIpc) is 2.72. The molecule has 0 unspecified atom stereocenters. The molecule has 196 valence electrons. The van der Waals surface area contributed by atoms with E-state index in [4.69, 9.17) is 9.47 Å². The second-order valence-electron chi connectivity index (χ2n) is 9.30. The van der Waals surface area contributed by atoms with E-state index in [-0.39, 0.29) is 11.4 Å². The molecule has 2 rings (SSSR count). The van der Waals surface area contributed by atoms with Crippen molar-refractivity contribution in [3.05, 3.63) is 52.8 Å². The summed E-state index contributed by atoms with van der Waals surface area (Å²) >= 11 is 0. The second-order valence-corrected chi connectivity index (χ2v) is 9.30. The smallest absolute Gasteiger partial charge is 0.412 e. The van der Waals surface area contributed by atoms with Crippen LogP contribution in [-0.2, 0) is 9.47 Å². The Morgan fingerprint density at radius 2 is 1.08 bits per heavy atom. The Morgan fingerprint density at radius 3 is 1.53 bits per heavy atom. The number of hydrogen-bond donors (Lipinski definition) is 2. The van der Waals surface area contributed by atoms with Crippen molar-refractivity contribution >= 4 is 29.5 Å². The van der Waals surface area contributed by atoms with Crippen molar-refractivity contribution < 1.29 is 50.5 Å². The maximum absolute atomic E-state index is 13.9. The van der Waals surface area contributed by atoms with Gasteiger partial charge in [-0.05, 0) is 59.7 Å². The van der Waals surface area contributed by atoms with Gasteiger partial charge in [0.1, 0.15) is 11.2 Å². The van der Waals surface area contributed by atoms with Crippen molar-refractivity contribution in [2.45, 2.75) is 52.7 Å². The van der Waals surface area contributed by atoms with Crippen LogP contribution in [0.15, 0.2) is 18.2 Å². The first-order valence-corrected chi connectivity index (χ1v) is 10.3. The number of rotatable bonds is 4. The molecule has 0 saturated heterocycles. The van der Waals surface area contributed by atoms with Gasteiger partial charge in [-0.15, -0.1) is 0 Å². The summed E-state index contributed by atoms with van der Waals surface area (Å²) in [7, 11) is 0. The Bertz CT molecular complexity index is 1180. The quantitative estimate of drug-likeness (QED) is 0.162.